The molecule has 0 spiro atoms. The van der Waals surface area contributed by atoms with Crippen LogP contribution in [0.15, 0.2) is 5.57 Å². The summed E-state index contributed by atoms with van der Waals surface area (Å²) in [6.45, 7) is 1.95. The van der Waals surface area contributed by atoms with Gasteiger partial charge in [0.15, 0.2) is 0 Å². The Morgan fingerprint density at radius 1 is 1.47 bits per heavy atom. The minimum atomic E-state index is 0.130. The van der Waals surface area contributed by atoms with Crippen LogP contribution in [0.5, 0.6) is 0 Å². The largest absolute Gasteiger partial charge is 0.357 e. The topological polar surface area (TPSA) is 63.4 Å². The van der Waals surface area contributed by atoms with Gasteiger partial charge in [-0.1, -0.05) is 22.0 Å². The van der Waals surface area contributed by atoms with Crippen LogP contribution in [0.1, 0.15) is 24.1 Å². The van der Waals surface area contributed by atoms with Crippen molar-refractivity contribution in [3.8, 4) is 12.1 Å². The smallest absolute Gasteiger partial charge is 0.130 e. The SMILES string of the molecule is Cc1[nH]c2c(c1C=C(C#N)C#N)=CCCC=2Br. The number of fused-ring (bicyclic) bond motifs is 1. The molecule has 0 saturated carbocycles. The molecule has 0 bridgehead atoms. The zero-order valence-electron chi connectivity index (χ0n) is 9.34. The standard InChI is InChI=1S/C13H10BrN3/c1-8-11(5-9(6-15)7-16)10-3-2-4-12(14)13(10)17-8/h3,5,17H,2,4H2,1H3. The molecule has 1 aliphatic rings. The van der Waals surface area contributed by atoms with Crippen LogP contribution in [0, 0.1) is 29.6 Å². The number of nitrogens with zero attached hydrogens (tertiary/aromatic N) is 2. The minimum Gasteiger partial charge on any atom is -0.357 e. The predicted octanol–water partition coefficient (Wildman–Crippen LogP) is 1.83. The van der Waals surface area contributed by atoms with Crippen molar-refractivity contribution >= 4 is 32.6 Å². The van der Waals surface area contributed by atoms with E-state index in [1.807, 2.05) is 19.1 Å². The Labute approximate surface area is 108 Å². The highest BCUT2D eigenvalue weighted by molar-refractivity contribution is 9.14. The summed E-state index contributed by atoms with van der Waals surface area (Å²) in [6, 6.07) is 3.78. The van der Waals surface area contributed by atoms with E-state index in [2.05, 4.69) is 27.0 Å². The van der Waals surface area contributed by atoms with Gasteiger partial charge in [0, 0.05) is 21.0 Å². The number of allylic oxidation sites excluding steroid dienone is 1. The van der Waals surface area contributed by atoms with Gasteiger partial charge in [-0.05, 0) is 25.8 Å². The molecule has 0 radical (unpaired) electrons. The Morgan fingerprint density at radius 2 is 2.18 bits per heavy atom. The van der Waals surface area contributed by atoms with Crippen LogP contribution >= 0.6 is 15.9 Å². The molecule has 1 N–H and O–H groups in total. The van der Waals surface area contributed by atoms with Crippen LogP contribution in [-0.4, -0.2) is 4.98 Å². The highest BCUT2D eigenvalue weighted by atomic mass is 79.9. The Bertz CT molecular complexity index is 677. The van der Waals surface area contributed by atoms with Gasteiger partial charge in [-0.3, -0.25) is 0 Å². The molecule has 1 heterocycles. The summed E-state index contributed by atoms with van der Waals surface area (Å²) in [7, 11) is 0. The number of rotatable bonds is 1. The van der Waals surface area contributed by atoms with Gasteiger partial charge >= 0.3 is 0 Å². The van der Waals surface area contributed by atoms with Crippen molar-refractivity contribution in [1.82, 2.24) is 4.98 Å². The van der Waals surface area contributed by atoms with Crippen molar-refractivity contribution in [2.75, 3.05) is 0 Å². The maximum atomic E-state index is 8.80. The number of aromatic nitrogens is 1. The van der Waals surface area contributed by atoms with Crippen molar-refractivity contribution in [2.24, 2.45) is 0 Å². The molecule has 0 amide bonds. The lowest BCUT2D eigenvalue weighted by molar-refractivity contribution is 1.09. The third kappa shape index (κ3) is 2.05. The van der Waals surface area contributed by atoms with Crippen LogP contribution < -0.4 is 10.6 Å². The lowest BCUT2D eigenvalue weighted by Gasteiger charge is -2.00. The molecule has 3 nitrogen and oxygen atoms in total. The molecule has 0 unspecified atom stereocenters. The van der Waals surface area contributed by atoms with E-state index in [1.54, 1.807) is 6.08 Å². The van der Waals surface area contributed by atoms with Crippen molar-refractivity contribution < 1.29 is 0 Å². The van der Waals surface area contributed by atoms with Gasteiger partial charge in [0.05, 0.1) is 5.35 Å². The zero-order chi connectivity index (χ0) is 12.4. The summed E-state index contributed by atoms with van der Waals surface area (Å²) in [5, 5.41) is 19.7. The van der Waals surface area contributed by atoms with Gasteiger partial charge in [0.2, 0.25) is 0 Å². The van der Waals surface area contributed by atoms with Crippen molar-refractivity contribution in [3.63, 3.8) is 0 Å². The number of aromatic amines is 1. The molecule has 4 heteroatoms. The van der Waals surface area contributed by atoms with Gasteiger partial charge in [0.25, 0.3) is 0 Å². The van der Waals surface area contributed by atoms with Crippen molar-refractivity contribution in [3.05, 3.63) is 27.4 Å². The second-order valence-electron chi connectivity index (χ2n) is 3.88. The highest BCUT2D eigenvalue weighted by Gasteiger charge is 2.09. The Morgan fingerprint density at radius 3 is 2.82 bits per heavy atom. The van der Waals surface area contributed by atoms with E-state index in [-0.39, 0.29) is 5.57 Å². The summed E-state index contributed by atoms with van der Waals surface area (Å²) in [6.07, 6.45) is 5.74. The Hall–Kier alpha value is -1.78. The van der Waals surface area contributed by atoms with Crippen LogP contribution in [0.3, 0.4) is 0 Å². The van der Waals surface area contributed by atoms with E-state index in [9.17, 15) is 0 Å². The number of hydrogen-bond acceptors (Lipinski definition) is 2. The molecule has 0 atom stereocenters. The number of H-pyrrole nitrogens is 1. The quantitative estimate of drug-likeness (QED) is 0.801. The molecule has 2 rings (SSSR count). The highest BCUT2D eigenvalue weighted by Crippen LogP contribution is 2.16. The Kier molecular flexibility index (Phi) is 3.17. The average molecular weight is 288 g/mol. The molecule has 1 aromatic heterocycles. The van der Waals surface area contributed by atoms with Gasteiger partial charge in [-0.25, -0.2) is 0 Å². The van der Waals surface area contributed by atoms with Crippen LogP contribution in [-0.2, 0) is 0 Å². The molecule has 0 fully saturated rings. The number of hydrogen-bond donors (Lipinski definition) is 1. The summed E-state index contributed by atoms with van der Waals surface area (Å²) in [5.74, 6) is 0. The monoisotopic (exact) mass is 287 g/mol. The van der Waals surface area contributed by atoms with Gasteiger partial charge < -0.3 is 4.98 Å². The first kappa shape index (κ1) is 11.7. The lowest BCUT2D eigenvalue weighted by Crippen LogP contribution is -2.28. The molecule has 1 aliphatic carbocycles. The molecule has 0 aromatic carbocycles. The van der Waals surface area contributed by atoms with E-state index < -0.39 is 0 Å². The molecular weight excluding hydrogens is 278 g/mol. The predicted molar refractivity (Wildman–Crippen MR) is 70.0 cm³/mol. The normalized spacial score (nSPS) is 13.1. The maximum absolute atomic E-state index is 8.80. The average Bonchev–Trinajstić information content (AvgIpc) is 2.64. The molecule has 0 aliphatic heterocycles. The van der Waals surface area contributed by atoms with Gasteiger partial charge in [-0.15, -0.1) is 0 Å². The second-order valence-corrected chi connectivity index (χ2v) is 4.84. The van der Waals surface area contributed by atoms with E-state index in [0.717, 1.165) is 39.1 Å². The molecule has 17 heavy (non-hydrogen) atoms. The fourth-order valence-corrected chi connectivity index (χ4v) is 2.51. The third-order valence-electron chi connectivity index (χ3n) is 2.79. The minimum absolute atomic E-state index is 0.130. The molecule has 0 saturated heterocycles. The van der Waals surface area contributed by atoms with E-state index in [0.29, 0.717) is 0 Å². The number of nitrogens with one attached hydrogen (secondary N) is 1. The van der Waals surface area contributed by atoms with Crippen LogP contribution in [0.4, 0.5) is 0 Å². The fraction of sp³-hybridized carbons (Fsp3) is 0.231. The van der Waals surface area contributed by atoms with Crippen molar-refractivity contribution in [2.45, 2.75) is 19.8 Å². The van der Waals surface area contributed by atoms with E-state index >= 15 is 0 Å². The fourth-order valence-electron chi connectivity index (χ4n) is 1.97. The summed E-state index contributed by atoms with van der Waals surface area (Å²) >= 11 is 3.55. The molecular formula is C13H10BrN3. The molecule has 84 valence electrons. The second kappa shape index (κ2) is 4.61. The first-order chi connectivity index (χ1) is 8.17. The third-order valence-corrected chi connectivity index (χ3v) is 3.58. The maximum Gasteiger partial charge on any atom is 0.130 e. The molecule has 1 aromatic rings. The van der Waals surface area contributed by atoms with Crippen LogP contribution in [0.2, 0.25) is 0 Å². The number of halogens is 1. The first-order valence-corrected chi connectivity index (χ1v) is 6.06. The van der Waals surface area contributed by atoms with Gasteiger partial charge in [-0.2, -0.15) is 10.5 Å². The van der Waals surface area contributed by atoms with Crippen LogP contribution in [0.25, 0.3) is 16.6 Å². The number of nitriles is 2. The summed E-state index contributed by atoms with van der Waals surface area (Å²) < 4.78 is 1.15. The Balaban J connectivity index is 2.77. The number of aryl methyl sites for hydroxylation is 1. The summed E-state index contributed by atoms with van der Waals surface area (Å²) in [5.41, 5.74) is 2.05. The summed E-state index contributed by atoms with van der Waals surface area (Å²) in [4.78, 5) is 3.29. The lowest BCUT2D eigenvalue weighted by atomic mass is 10.1. The van der Waals surface area contributed by atoms with Gasteiger partial charge in [0.1, 0.15) is 17.7 Å². The van der Waals surface area contributed by atoms with Crippen molar-refractivity contribution in [1.29, 1.82) is 10.5 Å². The zero-order valence-corrected chi connectivity index (χ0v) is 10.9. The first-order valence-electron chi connectivity index (χ1n) is 5.26. The van der Waals surface area contributed by atoms with E-state index in [1.165, 1.54) is 0 Å². The van der Waals surface area contributed by atoms with E-state index in [4.69, 9.17) is 10.5 Å².